The number of rotatable bonds is 17. The maximum absolute atomic E-state index is 14.8. The smallest absolute Gasteiger partial charge is 0.408 e. The predicted molar refractivity (Wildman–Crippen MR) is 238 cm³/mol. The fourth-order valence-electron chi connectivity index (χ4n) is 7.20. The second kappa shape index (κ2) is 20.5. The van der Waals surface area contributed by atoms with Crippen molar-refractivity contribution in [2.75, 3.05) is 17.7 Å². The van der Waals surface area contributed by atoms with E-state index in [4.69, 9.17) is 10.5 Å². The monoisotopic (exact) mass is 854 g/mol. The SMILES string of the molecule is Cc1ccccc1NC(=O)NCCCC[C@H](NC(=O)[C@H](Cc1c[nH]c2ccccc12)NC(=O)OC(C)(C)C)C(=O)N1CSC(C)(C)[C@H]1C(=O)N[C@@H](Cc1ccccc1)C(N)=O. The van der Waals surface area contributed by atoms with E-state index in [1.807, 2.05) is 93.6 Å². The number of para-hydroxylation sites is 2. The van der Waals surface area contributed by atoms with Gasteiger partial charge in [-0.3, -0.25) is 19.2 Å². The Kier molecular flexibility index (Phi) is 15.5. The molecule has 4 aromatic rings. The van der Waals surface area contributed by atoms with Crippen molar-refractivity contribution >= 4 is 64.1 Å². The number of urea groups is 1. The van der Waals surface area contributed by atoms with Gasteiger partial charge in [0.05, 0.1) is 5.88 Å². The molecule has 16 heteroatoms. The number of amides is 7. The van der Waals surface area contributed by atoms with E-state index in [1.165, 1.54) is 16.7 Å². The number of carbonyl (C=O) groups is 6. The molecule has 0 saturated carbocycles. The molecule has 1 aliphatic rings. The Balaban J connectivity index is 1.37. The van der Waals surface area contributed by atoms with Crippen LogP contribution in [0.15, 0.2) is 85.1 Å². The summed E-state index contributed by atoms with van der Waals surface area (Å²) >= 11 is 1.39. The summed E-state index contributed by atoms with van der Waals surface area (Å²) in [6, 6.07) is 19.4. The van der Waals surface area contributed by atoms with E-state index in [9.17, 15) is 28.8 Å². The topological polar surface area (TPSA) is 217 Å². The van der Waals surface area contributed by atoms with Gasteiger partial charge < -0.3 is 46.9 Å². The van der Waals surface area contributed by atoms with Gasteiger partial charge in [-0.25, -0.2) is 9.59 Å². The number of unbranched alkanes of at least 4 members (excludes halogenated alkanes) is 1. The van der Waals surface area contributed by atoms with Gasteiger partial charge in [-0.1, -0.05) is 66.7 Å². The lowest BCUT2D eigenvalue weighted by molar-refractivity contribution is -0.143. The molecule has 1 aromatic heterocycles. The average molecular weight is 855 g/mol. The van der Waals surface area contributed by atoms with E-state index in [1.54, 1.807) is 33.0 Å². The van der Waals surface area contributed by atoms with Crippen LogP contribution in [0.1, 0.15) is 70.6 Å². The number of ether oxygens (including phenoxy) is 1. The van der Waals surface area contributed by atoms with Gasteiger partial charge in [-0.15, -0.1) is 11.8 Å². The van der Waals surface area contributed by atoms with Crippen LogP contribution in [0.25, 0.3) is 10.9 Å². The molecule has 8 N–H and O–H groups in total. The van der Waals surface area contributed by atoms with Crippen LogP contribution in [0.3, 0.4) is 0 Å². The zero-order chi connectivity index (χ0) is 44.3. The molecule has 0 unspecified atom stereocenters. The third kappa shape index (κ3) is 13.0. The van der Waals surface area contributed by atoms with Crippen molar-refractivity contribution < 1.29 is 33.5 Å². The molecule has 0 spiro atoms. The summed E-state index contributed by atoms with van der Waals surface area (Å²) < 4.78 is 4.75. The number of H-pyrrole nitrogens is 1. The number of benzene rings is 3. The Hall–Kier alpha value is -6.03. The Morgan fingerprint density at radius 2 is 1.56 bits per heavy atom. The van der Waals surface area contributed by atoms with Crippen LogP contribution in [0.2, 0.25) is 0 Å². The van der Waals surface area contributed by atoms with Crippen molar-refractivity contribution in [2.45, 2.75) is 108 Å². The standard InChI is InChI=1S/C45H58N8O7S/c1-28-16-10-12-20-32(28)51-42(58)47-23-15-14-22-34(49-39(55)36(52-43(59)60-44(2,3)4)25-30-26-48-33-21-13-11-19-31(30)33)41(57)53-27-61-45(5,6)37(53)40(56)50-35(38(46)54)24-29-17-8-7-9-18-29/h7-13,16-21,26,34-37,48H,14-15,22-25,27H2,1-6H3,(H2,46,54)(H,49,55)(H,50,56)(H,52,59)(H2,47,51,58)/t34-,35-,36-,37+/m0/s1. The maximum atomic E-state index is 14.8. The Labute approximate surface area is 361 Å². The van der Waals surface area contributed by atoms with Crippen LogP contribution in [0, 0.1) is 6.92 Å². The number of hydrogen-bond donors (Lipinski definition) is 7. The molecule has 0 bridgehead atoms. The van der Waals surface area contributed by atoms with Gasteiger partial charge in [0.25, 0.3) is 0 Å². The fraction of sp³-hybridized carbons (Fsp3) is 0.422. The largest absolute Gasteiger partial charge is 0.444 e. The molecule has 61 heavy (non-hydrogen) atoms. The van der Waals surface area contributed by atoms with Crippen LogP contribution in [0.4, 0.5) is 15.3 Å². The molecule has 3 aromatic carbocycles. The van der Waals surface area contributed by atoms with Crippen molar-refractivity contribution in [3.05, 3.63) is 102 Å². The minimum Gasteiger partial charge on any atom is -0.444 e. The Morgan fingerprint density at radius 1 is 0.869 bits per heavy atom. The molecule has 4 atom stereocenters. The summed E-state index contributed by atoms with van der Waals surface area (Å²) in [6.07, 6.45) is 2.20. The number of aryl methyl sites for hydroxylation is 1. The number of aromatic nitrogens is 1. The molecular formula is C45H58N8O7S. The van der Waals surface area contributed by atoms with Crippen LogP contribution < -0.4 is 32.3 Å². The van der Waals surface area contributed by atoms with Crippen molar-refractivity contribution in [1.82, 2.24) is 31.2 Å². The predicted octanol–water partition coefficient (Wildman–Crippen LogP) is 5.28. The van der Waals surface area contributed by atoms with Gasteiger partial charge in [-0.05, 0) is 89.6 Å². The third-order valence-corrected chi connectivity index (χ3v) is 11.7. The molecule has 1 saturated heterocycles. The highest BCUT2D eigenvalue weighted by Gasteiger charge is 2.50. The van der Waals surface area contributed by atoms with Gasteiger partial charge in [0, 0.05) is 46.9 Å². The number of hydrogen-bond acceptors (Lipinski definition) is 8. The summed E-state index contributed by atoms with van der Waals surface area (Å²) in [4.78, 5) is 86.3. The molecule has 1 fully saturated rings. The second-order valence-electron chi connectivity index (χ2n) is 16.8. The van der Waals surface area contributed by atoms with Crippen LogP contribution in [-0.2, 0) is 36.8 Å². The molecule has 2 heterocycles. The second-order valence-corrected chi connectivity index (χ2v) is 18.4. The Bertz CT molecular complexity index is 2190. The van der Waals surface area contributed by atoms with Crippen molar-refractivity contribution in [3.63, 3.8) is 0 Å². The lowest BCUT2D eigenvalue weighted by Crippen LogP contribution is -2.61. The molecule has 15 nitrogen and oxygen atoms in total. The fourth-order valence-corrected chi connectivity index (χ4v) is 8.34. The van der Waals surface area contributed by atoms with E-state index in [0.29, 0.717) is 18.5 Å². The first-order chi connectivity index (χ1) is 28.9. The highest BCUT2D eigenvalue weighted by atomic mass is 32.2. The van der Waals surface area contributed by atoms with Crippen molar-refractivity contribution in [2.24, 2.45) is 5.73 Å². The number of fused-ring (bicyclic) bond motifs is 1. The molecule has 7 amide bonds. The summed E-state index contributed by atoms with van der Waals surface area (Å²) in [7, 11) is 0. The molecule has 1 aliphatic heterocycles. The normalized spacial score (nSPS) is 16.2. The zero-order valence-corrected chi connectivity index (χ0v) is 36.4. The van der Waals surface area contributed by atoms with Crippen LogP contribution in [0.5, 0.6) is 0 Å². The number of nitrogens with two attached hydrogens (primary N) is 1. The third-order valence-electron chi connectivity index (χ3n) is 10.3. The van der Waals surface area contributed by atoms with Crippen molar-refractivity contribution in [3.8, 4) is 0 Å². The van der Waals surface area contributed by atoms with Crippen LogP contribution >= 0.6 is 11.8 Å². The molecule has 0 radical (unpaired) electrons. The number of anilines is 1. The first kappa shape index (κ1) is 46.0. The number of aromatic amines is 1. The lowest BCUT2D eigenvalue weighted by atomic mass is 9.97. The van der Waals surface area contributed by atoms with Gasteiger partial charge in [-0.2, -0.15) is 0 Å². The van der Waals surface area contributed by atoms with E-state index in [0.717, 1.165) is 27.6 Å². The highest BCUT2D eigenvalue weighted by molar-refractivity contribution is 8.00. The zero-order valence-electron chi connectivity index (χ0n) is 35.6. The number of nitrogens with zero attached hydrogens (tertiary/aromatic N) is 1. The number of thioether (sulfide) groups is 1. The lowest BCUT2D eigenvalue weighted by Gasteiger charge is -2.34. The Morgan fingerprint density at radius 3 is 2.26 bits per heavy atom. The van der Waals surface area contributed by atoms with Gasteiger partial charge in [0.2, 0.25) is 23.6 Å². The van der Waals surface area contributed by atoms with Crippen molar-refractivity contribution in [1.29, 1.82) is 0 Å². The first-order valence-electron chi connectivity index (χ1n) is 20.5. The first-order valence-corrected chi connectivity index (χ1v) is 21.4. The number of carbonyl (C=O) groups excluding carboxylic acids is 6. The van der Waals surface area contributed by atoms with Gasteiger partial charge >= 0.3 is 12.1 Å². The molecule has 326 valence electrons. The number of nitrogens with one attached hydrogen (secondary N) is 6. The minimum absolute atomic E-state index is 0.0729. The average Bonchev–Trinajstić information content (AvgIpc) is 3.76. The summed E-state index contributed by atoms with van der Waals surface area (Å²) in [6.45, 7) is 11.0. The van der Waals surface area contributed by atoms with Crippen LogP contribution in [-0.4, -0.2) is 92.6 Å². The highest BCUT2D eigenvalue weighted by Crippen LogP contribution is 2.40. The minimum atomic E-state index is -1.16. The molecule has 5 rings (SSSR count). The maximum Gasteiger partial charge on any atom is 0.408 e. The summed E-state index contributed by atoms with van der Waals surface area (Å²) in [5.74, 6) is -2.29. The molecular weight excluding hydrogens is 797 g/mol. The number of primary amides is 1. The molecule has 0 aliphatic carbocycles. The van der Waals surface area contributed by atoms with Gasteiger partial charge in [0.15, 0.2) is 0 Å². The summed E-state index contributed by atoms with van der Waals surface area (Å²) in [5.41, 5.74) is 8.92. The van der Waals surface area contributed by atoms with E-state index < -0.39 is 64.2 Å². The summed E-state index contributed by atoms with van der Waals surface area (Å²) in [5, 5.41) is 15.0. The van der Waals surface area contributed by atoms with E-state index >= 15 is 0 Å². The van der Waals surface area contributed by atoms with E-state index in [2.05, 4.69) is 31.6 Å². The van der Waals surface area contributed by atoms with E-state index in [-0.39, 0.29) is 37.7 Å². The van der Waals surface area contributed by atoms with Gasteiger partial charge in [0.1, 0.15) is 29.8 Å². The number of alkyl carbamates (subject to hydrolysis) is 1. The quantitative estimate of drug-likeness (QED) is 0.0692.